The summed E-state index contributed by atoms with van der Waals surface area (Å²) in [7, 11) is 0. The normalized spacial score (nSPS) is 11.5. The number of imidazole rings is 1. The van der Waals surface area contributed by atoms with Gasteiger partial charge in [0.05, 0.1) is 5.52 Å². The first-order chi connectivity index (χ1) is 25.2. The second-order valence-corrected chi connectivity index (χ2v) is 12.5. The lowest BCUT2D eigenvalue weighted by Crippen LogP contribution is -2.39. The molecule has 3 aromatic heterocycles. The molecule has 0 aliphatic carbocycles. The fourth-order valence-electron chi connectivity index (χ4n) is 7.10. The standard InChI is InChI=1S/C43H34N8/c1-2-14-40-46-41-39(28-27-36(29-44)45-41)50(40)30-31-23-25-32(26-24-31)37-21-12-13-22-38(37)42-47-48-49-51(42)43(33-15-6-3-7-16-33,34-17-8-4-9-18-34)35-19-10-5-11-20-35/h3-13,15-28H,2,14,30H2,1H3. The Labute approximate surface area is 296 Å². The predicted octanol–water partition coefficient (Wildman–Crippen LogP) is 8.46. The molecule has 0 saturated heterocycles. The SMILES string of the molecule is CCCc1nc2nc(C#N)ccc2n1Cc1ccc(-c2ccccc2-c2nnnn2C(c2ccccc2)(c2ccccc2)c2ccccc2)cc1. The van der Waals surface area contributed by atoms with Gasteiger partial charge < -0.3 is 4.57 Å². The number of nitriles is 1. The smallest absolute Gasteiger partial charge is 0.184 e. The third kappa shape index (κ3) is 5.65. The van der Waals surface area contributed by atoms with Gasteiger partial charge in [-0.1, -0.05) is 146 Å². The molecule has 0 atom stereocenters. The number of hydrogen-bond acceptors (Lipinski definition) is 6. The number of hydrogen-bond donors (Lipinski definition) is 0. The second-order valence-electron chi connectivity index (χ2n) is 12.5. The van der Waals surface area contributed by atoms with Gasteiger partial charge >= 0.3 is 0 Å². The molecule has 8 rings (SSSR count). The zero-order chi connectivity index (χ0) is 34.6. The lowest BCUT2D eigenvalue weighted by atomic mass is 9.77. The Balaban J connectivity index is 1.23. The Morgan fingerprint density at radius 3 is 1.82 bits per heavy atom. The van der Waals surface area contributed by atoms with Crippen molar-refractivity contribution in [3.05, 3.63) is 185 Å². The number of fused-ring (bicyclic) bond motifs is 1. The molecule has 0 radical (unpaired) electrons. The van der Waals surface area contributed by atoms with Gasteiger partial charge in [-0.05, 0) is 62.4 Å². The highest BCUT2D eigenvalue weighted by atomic mass is 15.6. The van der Waals surface area contributed by atoms with Gasteiger partial charge in [-0.15, -0.1) is 5.10 Å². The van der Waals surface area contributed by atoms with Gasteiger partial charge in [0.2, 0.25) is 0 Å². The summed E-state index contributed by atoms with van der Waals surface area (Å²) >= 11 is 0. The van der Waals surface area contributed by atoms with Gasteiger partial charge in [0.1, 0.15) is 23.1 Å². The molecule has 0 amide bonds. The van der Waals surface area contributed by atoms with Crippen LogP contribution in [0.4, 0.5) is 0 Å². The van der Waals surface area contributed by atoms with Crippen LogP contribution in [-0.2, 0) is 18.5 Å². The van der Waals surface area contributed by atoms with Crippen LogP contribution < -0.4 is 0 Å². The van der Waals surface area contributed by atoms with Crippen LogP contribution in [0.15, 0.2) is 152 Å². The minimum atomic E-state index is -0.855. The number of benzene rings is 5. The summed E-state index contributed by atoms with van der Waals surface area (Å²) in [4.78, 5) is 9.24. The van der Waals surface area contributed by atoms with E-state index in [1.165, 1.54) is 0 Å². The molecule has 8 nitrogen and oxygen atoms in total. The minimum Gasteiger partial charge on any atom is -0.322 e. The molecule has 5 aromatic carbocycles. The molecular weight excluding hydrogens is 629 g/mol. The van der Waals surface area contributed by atoms with Crippen LogP contribution >= 0.6 is 0 Å². The largest absolute Gasteiger partial charge is 0.322 e. The van der Waals surface area contributed by atoms with Crippen molar-refractivity contribution < 1.29 is 0 Å². The molecule has 0 unspecified atom stereocenters. The maximum Gasteiger partial charge on any atom is 0.184 e. The molecule has 8 heteroatoms. The first-order valence-corrected chi connectivity index (χ1v) is 17.1. The Morgan fingerprint density at radius 1 is 0.647 bits per heavy atom. The van der Waals surface area contributed by atoms with Crippen molar-refractivity contribution in [1.29, 1.82) is 5.26 Å². The Kier molecular flexibility index (Phi) is 8.44. The van der Waals surface area contributed by atoms with Gasteiger partial charge in [-0.25, -0.2) is 14.6 Å². The number of pyridine rings is 1. The monoisotopic (exact) mass is 662 g/mol. The van der Waals surface area contributed by atoms with E-state index < -0.39 is 5.54 Å². The van der Waals surface area contributed by atoms with Gasteiger partial charge in [0.25, 0.3) is 0 Å². The summed E-state index contributed by atoms with van der Waals surface area (Å²) in [5.74, 6) is 1.62. The van der Waals surface area contributed by atoms with E-state index in [1.54, 1.807) is 6.07 Å². The van der Waals surface area contributed by atoms with Crippen LogP contribution in [0.3, 0.4) is 0 Å². The second kappa shape index (κ2) is 13.7. The van der Waals surface area contributed by atoms with Crippen LogP contribution in [0, 0.1) is 11.3 Å². The Morgan fingerprint density at radius 2 is 1.24 bits per heavy atom. The van der Waals surface area contributed by atoms with Crippen LogP contribution in [0.1, 0.15) is 47.1 Å². The maximum absolute atomic E-state index is 9.36. The van der Waals surface area contributed by atoms with Crippen LogP contribution in [-0.4, -0.2) is 34.7 Å². The number of tetrazole rings is 1. The Bertz CT molecular complexity index is 2360. The molecule has 0 spiro atoms. The first-order valence-electron chi connectivity index (χ1n) is 17.1. The Hall–Kier alpha value is -6.72. The molecule has 0 fully saturated rings. The number of nitrogens with zero attached hydrogens (tertiary/aromatic N) is 8. The van der Waals surface area contributed by atoms with Crippen molar-refractivity contribution in [2.24, 2.45) is 0 Å². The average Bonchev–Trinajstić information content (AvgIpc) is 3.82. The van der Waals surface area contributed by atoms with Gasteiger partial charge in [-0.3, -0.25) is 0 Å². The minimum absolute atomic E-state index is 0.373. The summed E-state index contributed by atoms with van der Waals surface area (Å²) < 4.78 is 4.19. The van der Waals surface area contributed by atoms with Crippen molar-refractivity contribution in [2.75, 3.05) is 0 Å². The molecule has 246 valence electrons. The first kappa shape index (κ1) is 31.5. The van der Waals surface area contributed by atoms with E-state index in [-0.39, 0.29) is 0 Å². The van der Waals surface area contributed by atoms with Crippen LogP contribution in [0.2, 0.25) is 0 Å². The van der Waals surface area contributed by atoms with Crippen LogP contribution in [0.5, 0.6) is 0 Å². The highest BCUT2D eigenvalue weighted by molar-refractivity contribution is 5.81. The molecule has 0 N–H and O–H groups in total. The third-order valence-electron chi connectivity index (χ3n) is 9.42. The highest BCUT2D eigenvalue weighted by Gasteiger charge is 2.42. The molecule has 0 aliphatic heterocycles. The third-order valence-corrected chi connectivity index (χ3v) is 9.42. The molecule has 0 aliphatic rings. The fraction of sp³-hybridized carbons (Fsp3) is 0.116. The molecular formula is C43H34N8. The van der Waals surface area contributed by atoms with Gasteiger partial charge in [0, 0.05) is 18.5 Å². The molecule has 8 aromatic rings. The van der Waals surface area contributed by atoms with E-state index >= 15 is 0 Å². The quantitative estimate of drug-likeness (QED) is 0.136. The number of aryl methyl sites for hydroxylation is 1. The van der Waals surface area contributed by atoms with E-state index in [4.69, 9.17) is 15.3 Å². The van der Waals surface area contributed by atoms with E-state index in [0.29, 0.717) is 23.7 Å². The van der Waals surface area contributed by atoms with E-state index in [9.17, 15) is 5.26 Å². The zero-order valence-electron chi connectivity index (χ0n) is 28.1. The lowest BCUT2D eigenvalue weighted by Gasteiger charge is -2.36. The van der Waals surface area contributed by atoms with Crippen molar-refractivity contribution in [1.82, 2.24) is 34.7 Å². The van der Waals surface area contributed by atoms with Crippen molar-refractivity contribution >= 4 is 11.2 Å². The summed E-state index contributed by atoms with van der Waals surface area (Å²) in [6, 6.07) is 54.1. The lowest BCUT2D eigenvalue weighted by molar-refractivity contribution is 0.451. The van der Waals surface area contributed by atoms with E-state index in [1.807, 2.05) is 35.0 Å². The fourth-order valence-corrected chi connectivity index (χ4v) is 7.10. The number of rotatable bonds is 10. The summed E-state index contributed by atoms with van der Waals surface area (Å²) in [5, 5.41) is 23.2. The highest BCUT2D eigenvalue weighted by Crippen LogP contribution is 2.43. The summed E-state index contributed by atoms with van der Waals surface area (Å²) in [5.41, 5.74) is 8.34. The van der Waals surface area contributed by atoms with E-state index in [0.717, 1.165) is 63.1 Å². The summed E-state index contributed by atoms with van der Waals surface area (Å²) in [6.45, 7) is 2.79. The van der Waals surface area contributed by atoms with Gasteiger partial charge in [-0.2, -0.15) is 5.26 Å². The molecule has 0 bridgehead atoms. The topological polar surface area (TPSA) is 98.1 Å². The molecule has 3 heterocycles. The van der Waals surface area contributed by atoms with Crippen molar-refractivity contribution in [2.45, 2.75) is 31.8 Å². The zero-order valence-corrected chi connectivity index (χ0v) is 28.1. The summed E-state index contributed by atoms with van der Waals surface area (Å²) in [6.07, 6.45) is 1.79. The van der Waals surface area contributed by atoms with Crippen molar-refractivity contribution in [3.8, 4) is 28.6 Å². The van der Waals surface area contributed by atoms with E-state index in [2.05, 4.69) is 143 Å². The molecule has 0 saturated carbocycles. The van der Waals surface area contributed by atoms with Crippen LogP contribution in [0.25, 0.3) is 33.7 Å². The van der Waals surface area contributed by atoms with Crippen molar-refractivity contribution in [3.63, 3.8) is 0 Å². The van der Waals surface area contributed by atoms with Gasteiger partial charge in [0.15, 0.2) is 11.5 Å². The molecule has 51 heavy (non-hydrogen) atoms. The predicted molar refractivity (Wildman–Crippen MR) is 199 cm³/mol. The average molecular weight is 663 g/mol. The maximum atomic E-state index is 9.36. The number of aromatic nitrogens is 7.